The van der Waals surface area contributed by atoms with Crippen molar-refractivity contribution >= 4 is 17.6 Å². The lowest BCUT2D eigenvalue weighted by Crippen LogP contribution is -2.43. The van der Waals surface area contributed by atoms with E-state index in [9.17, 15) is 4.79 Å². The highest BCUT2D eigenvalue weighted by atomic mass is 35.5. The van der Waals surface area contributed by atoms with E-state index in [2.05, 4.69) is 36.1 Å². The van der Waals surface area contributed by atoms with E-state index in [1.165, 1.54) is 12.2 Å². The number of ether oxygens (including phenoxy) is 1. The summed E-state index contributed by atoms with van der Waals surface area (Å²) in [5, 5.41) is 0.736. The number of halogens is 1. The molecular weight excluding hydrogens is 384 g/mol. The number of fused-ring (bicyclic) bond motifs is 1. The molecule has 4 nitrogen and oxygen atoms in total. The number of esters is 1. The van der Waals surface area contributed by atoms with Gasteiger partial charge in [-0.05, 0) is 61.3 Å². The second kappa shape index (κ2) is 8.51. The average molecular weight is 416 g/mol. The number of hydrogen-bond acceptors (Lipinski definition) is 2. The molecule has 29 heavy (non-hydrogen) atoms. The first-order chi connectivity index (χ1) is 13.9. The number of carbonyl (C=O) groups is 1. The molecule has 0 saturated heterocycles. The standard InChI is InChI=1S/C24H32ClN2O2/c1-16(2)20-11-6-17(3)13-22(20)29-24(28)15-26-14-21(27-12-4-5-23(26)27)18-7-9-19(25)10-8-18/h7-10,14,16-17,20,22H,4-6,11-13,15H2,1-3H3/q+1/t17-,20-,22+/m0/s1. The van der Waals surface area contributed by atoms with Gasteiger partial charge in [0.25, 0.3) is 5.82 Å². The Hall–Kier alpha value is -1.81. The van der Waals surface area contributed by atoms with Crippen molar-refractivity contribution in [3.05, 3.63) is 41.3 Å². The Labute approximate surface area is 178 Å². The van der Waals surface area contributed by atoms with E-state index in [1.54, 1.807) is 0 Å². The number of aromatic nitrogens is 2. The molecule has 0 amide bonds. The van der Waals surface area contributed by atoms with Crippen molar-refractivity contribution < 1.29 is 14.1 Å². The minimum absolute atomic E-state index is 0.0539. The van der Waals surface area contributed by atoms with Crippen molar-refractivity contribution in [1.29, 1.82) is 0 Å². The zero-order chi connectivity index (χ0) is 20.5. The van der Waals surface area contributed by atoms with Crippen LogP contribution in [0.25, 0.3) is 11.3 Å². The smallest absolute Gasteiger partial charge is 0.348 e. The number of rotatable bonds is 5. The SMILES string of the molecule is CC(C)[C@@H]1CC[C@H](C)C[C@H]1OC(=O)C[n+]1cc(-c2ccc(Cl)cc2)n2c1CCC2. The minimum atomic E-state index is -0.109. The lowest BCUT2D eigenvalue weighted by molar-refractivity contribution is -0.692. The molecule has 2 heterocycles. The summed E-state index contributed by atoms with van der Waals surface area (Å²) in [6.45, 7) is 8.04. The molecule has 1 aromatic heterocycles. The average Bonchev–Trinajstić information content (AvgIpc) is 3.26. The summed E-state index contributed by atoms with van der Waals surface area (Å²) in [5.74, 6) is 2.76. The fourth-order valence-corrected chi connectivity index (χ4v) is 5.22. The maximum Gasteiger partial charge on any atom is 0.348 e. The first-order valence-electron chi connectivity index (χ1n) is 11.0. The molecule has 0 radical (unpaired) electrons. The van der Waals surface area contributed by atoms with Crippen LogP contribution in [0.5, 0.6) is 0 Å². The second-order valence-electron chi connectivity index (χ2n) is 9.17. The first kappa shape index (κ1) is 20.5. The summed E-state index contributed by atoms with van der Waals surface area (Å²) in [6.07, 6.45) is 7.65. The van der Waals surface area contributed by atoms with Gasteiger partial charge in [0.15, 0.2) is 12.2 Å². The minimum Gasteiger partial charge on any atom is -0.459 e. The summed E-state index contributed by atoms with van der Waals surface area (Å²) in [6, 6.07) is 7.92. The molecule has 1 aliphatic carbocycles. The first-order valence-corrected chi connectivity index (χ1v) is 11.4. The van der Waals surface area contributed by atoms with Crippen LogP contribution in [0.1, 0.15) is 52.3 Å². The molecule has 5 heteroatoms. The van der Waals surface area contributed by atoms with E-state index >= 15 is 0 Å². The van der Waals surface area contributed by atoms with Crippen molar-refractivity contribution in [2.24, 2.45) is 17.8 Å². The van der Waals surface area contributed by atoms with Crippen molar-refractivity contribution in [3.63, 3.8) is 0 Å². The van der Waals surface area contributed by atoms with Crippen LogP contribution < -0.4 is 4.57 Å². The molecule has 156 valence electrons. The maximum absolute atomic E-state index is 12.9. The molecule has 1 saturated carbocycles. The van der Waals surface area contributed by atoms with Gasteiger partial charge in [-0.1, -0.05) is 38.8 Å². The highest BCUT2D eigenvalue weighted by Crippen LogP contribution is 2.35. The largest absolute Gasteiger partial charge is 0.459 e. The summed E-state index contributed by atoms with van der Waals surface area (Å²) in [7, 11) is 0. The van der Waals surface area contributed by atoms with Gasteiger partial charge < -0.3 is 4.74 Å². The molecule has 1 aromatic carbocycles. The van der Waals surface area contributed by atoms with Gasteiger partial charge in [0.2, 0.25) is 0 Å². The number of carbonyl (C=O) groups excluding carboxylic acids is 1. The summed E-state index contributed by atoms with van der Waals surface area (Å²) >= 11 is 6.05. The fraction of sp³-hybridized carbons (Fsp3) is 0.583. The van der Waals surface area contributed by atoms with Gasteiger partial charge in [-0.25, -0.2) is 13.9 Å². The molecular formula is C24H32ClN2O2+. The van der Waals surface area contributed by atoms with E-state index in [-0.39, 0.29) is 12.1 Å². The molecule has 0 spiro atoms. The normalized spacial score (nSPS) is 24.0. The van der Waals surface area contributed by atoms with Crippen molar-refractivity contribution in [3.8, 4) is 11.3 Å². The van der Waals surface area contributed by atoms with E-state index < -0.39 is 0 Å². The molecule has 0 unspecified atom stereocenters. The number of imidazole rings is 1. The maximum atomic E-state index is 12.9. The van der Waals surface area contributed by atoms with Crippen LogP contribution in [0.2, 0.25) is 5.02 Å². The highest BCUT2D eigenvalue weighted by Gasteiger charge is 2.35. The Morgan fingerprint density at radius 3 is 2.76 bits per heavy atom. The molecule has 2 aromatic rings. The number of hydrogen-bond donors (Lipinski definition) is 0. The van der Waals surface area contributed by atoms with Crippen LogP contribution in [-0.4, -0.2) is 16.6 Å². The van der Waals surface area contributed by atoms with Gasteiger partial charge in [-0.15, -0.1) is 0 Å². The van der Waals surface area contributed by atoms with Crippen molar-refractivity contribution in [2.75, 3.05) is 0 Å². The zero-order valence-electron chi connectivity index (χ0n) is 17.7. The molecule has 2 aliphatic rings. The third kappa shape index (κ3) is 4.37. The summed E-state index contributed by atoms with van der Waals surface area (Å²) < 4.78 is 10.5. The number of benzene rings is 1. The molecule has 0 bridgehead atoms. The molecule has 1 aliphatic heterocycles. The predicted octanol–water partition coefficient (Wildman–Crippen LogP) is 5.05. The molecule has 1 fully saturated rings. The van der Waals surface area contributed by atoms with Gasteiger partial charge in [0.1, 0.15) is 12.3 Å². The Morgan fingerprint density at radius 1 is 1.28 bits per heavy atom. The zero-order valence-corrected chi connectivity index (χ0v) is 18.5. The second-order valence-corrected chi connectivity index (χ2v) is 9.61. The van der Waals surface area contributed by atoms with Crippen LogP contribution in [-0.2, 0) is 29.0 Å². The summed E-state index contributed by atoms with van der Waals surface area (Å²) in [4.78, 5) is 12.9. The van der Waals surface area contributed by atoms with E-state index in [0.717, 1.165) is 48.5 Å². The van der Waals surface area contributed by atoms with Gasteiger partial charge >= 0.3 is 5.97 Å². The Morgan fingerprint density at radius 2 is 2.03 bits per heavy atom. The van der Waals surface area contributed by atoms with Gasteiger partial charge in [0, 0.05) is 10.6 Å². The van der Waals surface area contributed by atoms with Crippen LogP contribution in [0.4, 0.5) is 0 Å². The van der Waals surface area contributed by atoms with Crippen LogP contribution in [0.3, 0.4) is 0 Å². The Kier molecular flexibility index (Phi) is 6.00. The topological polar surface area (TPSA) is 35.1 Å². The molecule has 3 atom stereocenters. The van der Waals surface area contributed by atoms with Crippen LogP contribution in [0.15, 0.2) is 30.5 Å². The van der Waals surface area contributed by atoms with Gasteiger partial charge in [-0.3, -0.25) is 0 Å². The lowest BCUT2D eigenvalue weighted by Gasteiger charge is -2.36. The Balaban J connectivity index is 1.51. The third-order valence-electron chi connectivity index (χ3n) is 6.68. The van der Waals surface area contributed by atoms with Gasteiger partial charge in [-0.2, -0.15) is 0 Å². The molecule has 4 rings (SSSR count). The number of nitrogens with zero attached hydrogens (tertiary/aromatic N) is 2. The van der Waals surface area contributed by atoms with Crippen LogP contribution >= 0.6 is 11.6 Å². The van der Waals surface area contributed by atoms with Crippen LogP contribution in [0, 0.1) is 17.8 Å². The highest BCUT2D eigenvalue weighted by molar-refractivity contribution is 6.30. The molecule has 0 N–H and O–H groups in total. The fourth-order valence-electron chi connectivity index (χ4n) is 5.09. The quantitative estimate of drug-likeness (QED) is 0.506. The monoisotopic (exact) mass is 415 g/mol. The van der Waals surface area contributed by atoms with E-state index in [4.69, 9.17) is 16.3 Å². The predicted molar refractivity (Wildman–Crippen MR) is 115 cm³/mol. The Bertz CT molecular complexity index is 872. The lowest BCUT2D eigenvalue weighted by atomic mass is 9.75. The van der Waals surface area contributed by atoms with Crippen molar-refractivity contribution in [1.82, 2.24) is 4.57 Å². The third-order valence-corrected chi connectivity index (χ3v) is 6.93. The van der Waals surface area contributed by atoms with Gasteiger partial charge in [0.05, 0.1) is 13.0 Å². The van der Waals surface area contributed by atoms with E-state index in [1.807, 2.05) is 24.3 Å². The van der Waals surface area contributed by atoms with E-state index in [0.29, 0.717) is 24.3 Å². The summed E-state index contributed by atoms with van der Waals surface area (Å²) in [5.41, 5.74) is 2.28. The van der Waals surface area contributed by atoms with Crippen molar-refractivity contribution in [2.45, 2.75) is 72.1 Å².